The molecule has 0 aliphatic heterocycles. The highest BCUT2D eigenvalue weighted by Gasteiger charge is 2.27. The van der Waals surface area contributed by atoms with Crippen molar-refractivity contribution >= 4 is 27.3 Å². The average molecular weight is 427 g/mol. The highest BCUT2D eigenvalue weighted by Crippen LogP contribution is 2.25. The molecule has 0 heterocycles. The van der Waals surface area contributed by atoms with E-state index in [9.17, 15) is 17.6 Å². The van der Waals surface area contributed by atoms with Crippen molar-refractivity contribution in [2.45, 2.75) is 25.2 Å². The average Bonchev–Trinajstić information content (AvgIpc) is 2.73. The number of para-hydroxylation sites is 1. The normalized spacial score (nSPS) is 11.2. The summed E-state index contributed by atoms with van der Waals surface area (Å²) in [4.78, 5) is 12.7. The number of nitrogens with zero attached hydrogens (tertiary/aromatic N) is 1. The fourth-order valence-electron chi connectivity index (χ4n) is 3.03. The van der Waals surface area contributed by atoms with Gasteiger partial charge in [-0.25, -0.2) is 12.8 Å². The SMILES string of the molecule is CCc1ccccc1NC(=O)CN(c1ccc(C)cc1)S(=O)(=O)c1ccc(F)cc1. The largest absolute Gasteiger partial charge is 0.324 e. The molecule has 30 heavy (non-hydrogen) atoms. The first-order valence-electron chi connectivity index (χ1n) is 9.54. The summed E-state index contributed by atoms with van der Waals surface area (Å²) < 4.78 is 40.9. The van der Waals surface area contributed by atoms with Crippen LogP contribution in [0.25, 0.3) is 0 Å². The molecular weight excluding hydrogens is 403 g/mol. The third-order valence-corrected chi connectivity index (χ3v) is 6.47. The number of hydrogen-bond acceptors (Lipinski definition) is 3. The number of nitrogens with one attached hydrogen (secondary N) is 1. The van der Waals surface area contributed by atoms with Crippen molar-refractivity contribution in [1.29, 1.82) is 0 Å². The van der Waals surface area contributed by atoms with E-state index in [2.05, 4.69) is 5.32 Å². The van der Waals surface area contributed by atoms with Gasteiger partial charge in [0.25, 0.3) is 10.0 Å². The lowest BCUT2D eigenvalue weighted by atomic mass is 10.1. The summed E-state index contributed by atoms with van der Waals surface area (Å²) in [7, 11) is -4.08. The van der Waals surface area contributed by atoms with Crippen LogP contribution in [0.4, 0.5) is 15.8 Å². The van der Waals surface area contributed by atoms with Gasteiger partial charge in [-0.05, 0) is 61.4 Å². The van der Waals surface area contributed by atoms with Gasteiger partial charge in [0, 0.05) is 5.69 Å². The Hall–Kier alpha value is -3.19. The maximum Gasteiger partial charge on any atom is 0.264 e. The lowest BCUT2D eigenvalue weighted by Gasteiger charge is -2.24. The number of aryl methyl sites for hydroxylation is 2. The number of amides is 1. The molecule has 0 radical (unpaired) electrons. The molecule has 0 saturated heterocycles. The van der Waals surface area contributed by atoms with Gasteiger partial charge >= 0.3 is 0 Å². The van der Waals surface area contributed by atoms with Crippen LogP contribution in [0.1, 0.15) is 18.1 Å². The third-order valence-electron chi connectivity index (χ3n) is 4.68. The minimum Gasteiger partial charge on any atom is -0.324 e. The molecule has 0 unspecified atom stereocenters. The maximum absolute atomic E-state index is 13.3. The predicted molar refractivity (Wildman–Crippen MR) is 117 cm³/mol. The standard InChI is InChI=1S/C23H23FN2O3S/c1-3-18-6-4-5-7-22(18)25-23(27)16-26(20-12-8-17(2)9-13-20)30(28,29)21-14-10-19(24)11-15-21/h4-15H,3,16H2,1-2H3,(H,25,27). The molecule has 5 nitrogen and oxygen atoms in total. The number of rotatable bonds is 7. The van der Waals surface area contributed by atoms with Gasteiger partial charge in [0.1, 0.15) is 12.4 Å². The van der Waals surface area contributed by atoms with Crippen molar-refractivity contribution in [2.75, 3.05) is 16.2 Å². The van der Waals surface area contributed by atoms with Crippen LogP contribution in [-0.4, -0.2) is 20.9 Å². The summed E-state index contributed by atoms with van der Waals surface area (Å²) in [5, 5.41) is 2.80. The van der Waals surface area contributed by atoms with Crippen molar-refractivity contribution in [3.8, 4) is 0 Å². The van der Waals surface area contributed by atoms with Gasteiger partial charge in [-0.15, -0.1) is 0 Å². The number of anilines is 2. The second kappa shape index (κ2) is 9.09. The molecule has 0 aromatic heterocycles. The topological polar surface area (TPSA) is 66.5 Å². The zero-order chi connectivity index (χ0) is 21.7. The van der Waals surface area contributed by atoms with Crippen LogP contribution in [0.5, 0.6) is 0 Å². The second-order valence-corrected chi connectivity index (χ2v) is 8.72. The molecule has 7 heteroatoms. The molecule has 0 aliphatic carbocycles. The number of sulfonamides is 1. The van der Waals surface area contributed by atoms with Crippen molar-refractivity contribution in [3.63, 3.8) is 0 Å². The van der Waals surface area contributed by atoms with Crippen molar-refractivity contribution in [1.82, 2.24) is 0 Å². The molecule has 0 bridgehead atoms. The van der Waals surface area contributed by atoms with E-state index in [1.54, 1.807) is 30.3 Å². The van der Waals surface area contributed by atoms with Crippen LogP contribution in [0.15, 0.2) is 77.7 Å². The fourth-order valence-corrected chi connectivity index (χ4v) is 4.45. The molecule has 3 rings (SSSR count). The minimum absolute atomic E-state index is 0.0915. The molecule has 0 spiro atoms. The Morgan fingerprint density at radius 3 is 2.23 bits per heavy atom. The van der Waals surface area contributed by atoms with Crippen LogP contribution in [0.3, 0.4) is 0 Å². The zero-order valence-corrected chi connectivity index (χ0v) is 17.6. The number of benzene rings is 3. The Morgan fingerprint density at radius 1 is 0.967 bits per heavy atom. The fraction of sp³-hybridized carbons (Fsp3) is 0.174. The van der Waals surface area contributed by atoms with E-state index in [1.807, 2.05) is 32.0 Å². The Bertz CT molecular complexity index is 1130. The second-order valence-electron chi connectivity index (χ2n) is 6.86. The Balaban J connectivity index is 1.94. The summed E-state index contributed by atoms with van der Waals surface area (Å²) in [5.41, 5.74) is 2.91. The number of carbonyl (C=O) groups is 1. The van der Waals surface area contributed by atoms with E-state index >= 15 is 0 Å². The van der Waals surface area contributed by atoms with Crippen molar-refractivity contribution in [3.05, 3.63) is 89.7 Å². The van der Waals surface area contributed by atoms with Crippen molar-refractivity contribution < 1.29 is 17.6 Å². The van der Waals surface area contributed by atoms with E-state index in [1.165, 1.54) is 12.1 Å². The van der Waals surface area contributed by atoms with Crippen LogP contribution >= 0.6 is 0 Å². The Kier molecular flexibility index (Phi) is 6.52. The van der Waals surface area contributed by atoms with E-state index in [4.69, 9.17) is 0 Å². The molecule has 156 valence electrons. The van der Waals surface area contributed by atoms with Crippen molar-refractivity contribution in [2.24, 2.45) is 0 Å². The molecule has 1 amide bonds. The summed E-state index contributed by atoms with van der Waals surface area (Å²) in [6.07, 6.45) is 0.728. The van der Waals surface area contributed by atoms with E-state index in [-0.39, 0.29) is 4.90 Å². The lowest BCUT2D eigenvalue weighted by molar-refractivity contribution is -0.114. The summed E-state index contributed by atoms with van der Waals surface area (Å²) in [6.45, 7) is 3.44. The van der Waals surface area contributed by atoms with E-state index in [0.29, 0.717) is 11.4 Å². The predicted octanol–water partition coefficient (Wildman–Crippen LogP) is 4.53. The summed E-state index contributed by atoms with van der Waals surface area (Å²) in [5.74, 6) is -1.01. The monoisotopic (exact) mass is 426 g/mol. The van der Waals surface area contributed by atoms with Crippen LogP contribution in [-0.2, 0) is 21.2 Å². The van der Waals surface area contributed by atoms with Crippen LogP contribution in [0.2, 0.25) is 0 Å². The van der Waals surface area contributed by atoms with Crippen LogP contribution in [0, 0.1) is 12.7 Å². The molecule has 0 fully saturated rings. The highest BCUT2D eigenvalue weighted by atomic mass is 32.2. The molecule has 3 aromatic carbocycles. The zero-order valence-electron chi connectivity index (χ0n) is 16.8. The summed E-state index contributed by atoms with van der Waals surface area (Å²) in [6, 6.07) is 18.7. The van der Waals surface area contributed by atoms with Gasteiger partial charge in [-0.2, -0.15) is 0 Å². The molecule has 0 atom stereocenters. The third kappa shape index (κ3) is 4.86. The van der Waals surface area contributed by atoms with Gasteiger partial charge in [-0.1, -0.05) is 42.8 Å². The van der Waals surface area contributed by atoms with E-state index < -0.39 is 28.3 Å². The van der Waals surface area contributed by atoms with Gasteiger partial charge in [-0.3, -0.25) is 9.10 Å². The van der Waals surface area contributed by atoms with E-state index in [0.717, 1.165) is 34.0 Å². The minimum atomic E-state index is -4.08. The first-order chi connectivity index (χ1) is 14.3. The lowest BCUT2D eigenvalue weighted by Crippen LogP contribution is -2.38. The summed E-state index contributed by atoms with van der Waals surface area (Å²) >= 11 is 0. The Morgan fingerprint density at radius 2 is 1.60 bits per heavy atom. The number of halogens is 1. The molecular formula is C23H23FN2O3S. The van der Waals surface area contributed by atoms with Gasteiger partial charge in [0.15, 0.2) is 0 Å². The molecule has 0 aliphatic rings. The molecule has 1 N–H and O–H groups in total. The number of hydrogen-bond donors (Lipinski definition) is 1. The van der Waals surface area contributed by atoms with Gasteiger partial charge < -0.3 is 5.32 Å². The maximum atomic E-state index is 13.3. The number of carbonyl (C=O) groups excluding carboxylic acids is 1. The van der Waals surface area contributed by atoms with Gasteiger partial charge in [0.05, 0.1) is 10.6 Å². The first-order valence-corrected chi connectivity index (χ1v) is 11.0. The first kappa shape index (κ1) is 21.5. The smallest absolute Gasteiger partial charge is 0.264 e. The Labute approximate surface area is 176 Å². The quantitative estimate of drug-likeness (QED) is 0.604. The molecule has 3 aromatic rings. The molecule has 0 saturated carbocycles. The van der Waals surface area contributed by atoms with Gasteiger partial charge in [0.2, 0.25) is 5.91 Å². The highest BCUT2D eigenvalue weighted by molar-refractivity contribution is 7.92. The van der Waals surface area contributed by atoms with Crippen LogP contribution < -0.4 is 9.62 Å².